The Morgan fingerprint density at radius 1 is 1.33 bits per heavy atom. The van der Waals surface area contributed by atoms with Gasteiger partial charge in [-0.2, -0.15) is 0 Å². The van der Waals surface area contributed by atoms with Crippen molar-refractivity contribution in [3.05, 3.63) is 40.8 Å². The number of carbonyl (C=O) groups is 1. The van der Waals surface area contributed by atoms with Gasteiger partial charge in [0.2, 0.25) is 0 Å². The van der Waals surface area contributed by atoms with Crippen LogP contribution in [0.2, 0.25) is 5.15 Å². The quantitative estimate of drug-likeness (QED) is 0.581. The first-order valence-corrected chi connectivity index (χ1v) is 6.54. The second-order valence-electron chi connectivity index (χ2n) is 4.47. The second-order valence-corrected chi connectivity index (χ2v) is 4.83. The molecule has 0 unspecified atom stereocenters. The van der Waals surface area contributed by atoms with Crippen molar-refractivity contribution >= 4 is 28.7 Å². The molecule has 0 amide bonds. The first-order valence-electron chi connectivity index (χ1n) is 6.16. The topological polar surface area (TPSA) is 80.8 Å². The molecule has 3 rings (SSSR count). The van der Waals surface area contributed by atoms with Crippen molar-refractivity contribution in [3.63, 3.8) is 0 Å². The first-order chi connectivity index (χ1) is 10.1. The molecule has 3 heterocycles. The Kier molecular flexibility index (Phi) is 3.31. The fourth-order valence-electron chi connectivity index (χ4n) is 1.95. The third-order valence-corrected chi connectivity index (χ3v) is 3.41. The van der Waals surface area contributed by atoms with Crippen LogP contribution in [0.4, 0.5) is 0 Å². The van der Waals surface area contributed by atoms with Gasteiger partial charge in [-0.1, -0.05) is 11.6 Å². The largest absolute Gasteiger partial charge is 0.464 e. The van der Waals surface area contributed by atoms with Gasteiger partial charge in [-0.3, -0.25) is 0 Å². The molecule has 1 N–H and O–H groups in total. The Bertz CT molecular complexity index is 805. The Balaban J connectivity index is 2.10. The number of pyridine rings is 2. The Morgan fingerprint density at radius 2 is 2.14 bits per heavy atom. The van der Waals surface area contributed by atoms with Crippen LogP contribution in [0.5, 0.6) is 0 Å². The number of nitrogens with one attached hydrogen (secondary N) is 1. The average molecular weight is 303 g/mol. The fraction of sp³-hybridized carbons (Fsp3) is 0.143. The molecule has 0 fully saturated rings. The maximum Gasteiger partial charge on any atom is 0.356 e. The van der Waals surface area contributed by atoms with Crippen LogP contribution in [0.3, 0.4) is 0 Å². The smallest absolute Gasteiger partial charge is 0.356 e. The molecule has 3 aromatic rings. The monoisotopic (exact) mass is 302 g/mol. The highest BCUT2D eigenvalue weighted by atomic mass is 35.5. The van der Waals surface area contributed by atoms with Gasteiger partial charge in [0.1, 0.15) is 16.7 Å². The zero-order valence-electron chi connectivity index (χ0n) is 11.3. The van der Waals surface area contributed by atoms with E-state index in [1.165, 1.54) is 13.3 Å². The van der Waals surface area contributed by atoms with E-state index < -0.39 is 5.97 Å². The number of halogens is 1. The maximum absolute atomic E-state index is 11.5. The predicted molar refractivity (Wildman–Crippen MR) is 78.2 cm³/mol. The number of nitrogens with zero attached hydrogens (tertiary/aromatic N) is 3. The van der Waals surface area contributed by atoms with Gasteiger partial charge in [-0.25, -0.2) is 19.7 Å². The summed E-state index contributed by atoms with van der Waals surface area (Å²) in [5, 5.41) is 0.422. The van der Waals surface area contributed by atoms with Crippen molar-refractivity contribution in [2.45, 2.75) is 6.92 Å². The number of aromatic amines is 1. The zero-order valence-corrected chi connectivity index (χ0v) is 12.1. The van der Waals surface area contributed by atoms with Crippen LogP contribution in [0.1, 0.15) is 16.1 Å². The molecule has 6 nitrogen and oxygen atoms in total. The van der Waals surface area contributed by atoms with Crippen LogP contribution in [0.15, 0.2) is 24.4 Å². The van der Waals surface area contributed by atoms with Gasteiger partial charge in [0.25, 0.3) is 0 Å². The van der Waals surface area contributed by atoms with Crippen LogP contribution >= 0.6 is 11.6 Å². The number of imidazole rings is 1. The minimum atomic E-state index is -0.495. The van der Waals surface area contributed by atoms with Crippen LogP contribution in [0, 0.1) is 6.92 Å². The zero-order chi connectivity index (χ0) is 15.0. The van der Waals surface area contributed by atoms with E-state index in [2.05, 4.69) is 24.7 Å². The molecule has 7 heteroatoms. The molecule has 0 spiro atoms. The first kappa shape index (κ1) is 13.5. The number of esters is 1. The summed E-state index contributed by atoms with van der Waals surface area (Å²) >= 11 is 5.99. The van der Waals surface area contributed by atoms with E-state index in [0.717, 1.165) is 16.6 Å². The summed E-state index contributed by atoms with van der Waals surface area (Å²) in [7, 11) is 1.31. The van der Waals surface area contributed by atoms with Gasteiger partial charge in [-0.05, 0) is 30.7 Å². The normalized spacial score (nSPS) is 10.8. The predicted octanol–water partition coefficient (Wildman–Crippen LogP) is 2.77. The summed E-state index contributed by atoms with van der Waals surface area (Å²) in [6, 6.07) is 5.24. The molecular weight excluding hydrogens is 292 g/mol. The van der Waals surface area contributed by atoms with E-state index in [0.29, 0.717) is 16.6 Å². The lowest BCUT2D eigenvalue weighted by Crippen LogP contribution is -2.03. The van der Waals surface area contributed by atoms with Gasteiger partial charge >= 0.3 is 5.97 Å². The Labute approximate surface area is 125 Å². The summed E-state index contributed by atoms with van der Waals surface area (Å²) in [6.07, 6.45) is 1.53. The molecule has 21 heavy (non-hydrogen) atoms. The fourth-order valence-corrected chi connectivity index (χ4v) is 2.09. The van der Waals surface area contributed by atoms with Crippen molar-refractivity contribution in [2.75, 3.05) is 7.11 Å². The molecular formula is C14H11ClN4O2. The summed E-state index contributed by atoms with van der Waals surface area (Å²) in [4.78, 5) is 27.2. The number of hydrogen-bond acceptors (Lipinski definition) is 5. The van der Waals surface area contributed by atoms with Crippen molar-refractivity contribution < 1.29 is 9.53 Å². The van der Waals surface area contributed by atoms with Crippen LogP contribution in [-0.4, -0.2) is 33.0 Å². The Morgan fingerprint density at radius 3 is 2.90 bits per heavy atom. The highest BCUT2D eigenvalue weighted by Gasteiger charge is 2.12. The summed E-state index contributed by atoms with van der Waals surface area (Å²) in [5.74, 6) is 0.0942. The number of carbonyl (C=O) groups excluding carboxylic acids is 1. The number of hydrogen-bond donors (Lipinski definition) is 1. The van der Waals surface area contributed by atoms with Gasteiger partial charge in [0.05, 0.1) is 12.6 Å². The number of rotatable bonds is 2. The molecule has 0 aromatic carbocycles. The minimum absolute atomic E-state index is 0.220. The van der Waals surface area contributed by atoms with Crippen molar-refractivity contribution in [1.82, 2.24) is 19.9 Å². The number of ether oxygens (including phenoxy) is 1. The molecule has 0 aliphatic heterocycles. The third kappa shape index (κ3) is 2.45. The van der Waals surface area contributed by atoms with Gasteiger partial charge in [0.15, 0.2) is 5.65 Å². The number of H-pyrrole nitrogens is 1. The molecule has 0 saturated heterocycles. The van der Waals surface area contributed by atoms with Crippen molar-refractivity contribution in [1.29, 1.82) is 0 Å². The van der Waals surface area contributed by atoms with E-state index in [4.69, 9.17) is 11.6 Å². The van der Waals surface area contributed by atoms with Gasteiger partial charge in [0, 0.05) is 11.8 Å². The van der Waals surface area contributed by atoms with Crippen LogP contribution in [-0.2, 0) is 4.74 Å². The average Bonchev–Trinajstić information content (AvgIpc) is 2.90. The van der Waals surface area contributed by atoms with E-state index in [1.807, 2.05) is 13.0 Å². The maximum atomic E-state index is 11.5. The molecule has 0 aliphatic carbocycles. The number of aromatic nitrogens is 4. The van der Waals surface area contributed by atoms with Crippen LogP contribution < -0.4 is 0 Å². The molecule has 0 aliphatic rings. The molecule has 106 valence electrons. The summed E-state index contributed by atoms with van der Waals surface area (Å²) < 4.78 is 4.66. The lowest BCUT2D eigenvalue weighted by atomic mass is 10.2. The SMILES string of the molecule is COC(=O)c1cc(-c2nc3nc(Cl)c(C)cc3[nH]2)ccn1. The van der Waals surface area contributed by atoms with Crippen molar-refractivity contribution in [2.24, 2.45) is 0 Å². The summed E-state index contributed by atoms with van der Waals surface area (Å²) in [6.45, 7) is 1.87. The van der Waals surface area contributed by atoms with Gasteiger partial charge in [-0.15, -0.1) is 0 Å². The number of aryl methyl sites for hydroxylation is 1. The third-order valence-electron chi connectivity index (χ3n) is 3.03. The van der Waals surface area contributed by atoms with E-state index >= 15 is 0 Å². The molecule has 0 saturated carbocycles. The van der Waals surface area contributed by atoms with E-state index in [-0.39, 0.29) is 5.69 Å². The number of methoxy groups -OCH3 is 1. The lowest BCUT2D eigenvalue weighted by molar-refractivity contribution is 0.0594. The van der Waals surface area contributed by atoms with Crippen molar-refractivity contribution in [3.8, 4) is 11.4 Å². The molecule has 0 radical (unpaired) electrons. The highest BCUT2D eigenvalue weighted by molar-refractivity contribution is 6.30. The molecule has 0 bridgehead atoms. The van der Waals surface area contributed by atoms with E-state index in [9.17, 15) is 4.79 Å². The Hall–Kier alpha value is -2.47. The standard InChI is InChI=1S/C14H11ClN4O2/c1-7-5-9-13(18-11(7)15)19-12(17-9)8-3-4-16-10(6-8)14(20)21-2/h3-6H,1-2H3,(H,17,18,19). The second kappa shape index (κ2) is 5.14. The lowest BCUT2D eigenvalue weighted by Gasteiger charge is -2.00. The summed E-state index contributed by atoms with van der Waals surface area (Å²) in [5.41, 5.74) is 3.11. The highest BCUT2D eigenvalue weighted by Crippen LogP contribution is 2.23. The van der Waals surface area contributed by atoms with E-state index in [1.54, 1.807) is 12.1 Å². The molecule has 0 atom stereocenters. The van der Waals surface area contributed by atoms with Gasteiger partial charge < -0.3 is 9.72 Å². The molecule has 3 aromatic heterocycles. The minimum Gasteiger partial charge on any atom is -0.464 e. The van der Waals surface area contributed by atoms with Crippen LogP contribution in [0.25, 0.3) is 22.6 Å². The number of fused-ring (bicyclic) bond motifs is 1.